The Morgan fingerprint density at radius 3 is 1.38 bits per heavy atom. The summed E-state index contributed by atoms with van der Waals surface area (Å²) in [5, 5.41) is 11.9. The van der Waals surface area contributed by atoms with Gasteiger partial charge in [0.25, 0.3) is 0 Å². The average Bonchev–Trinajstić information content (AvgIpc) is 2.38. The van der Waals surface area contributed by atoms with Crippen LogP contribution in [-0.2, 0) is 44.7 Å². The predicted octanol–water partition coefficient (Wildman–Crippen LogP) is 0.364. The van der Waals surface area contributed by atoms with Crippen LogP contribution in [0.15, 0.2) is 25.3 Å². The summed E-state index contributed by atoms with van der Waals surface area (Å²) in [4.78, 5) is 0. The van der Waals surface area contributed by atoms with E-state index in [1.165, 1.54) is 0 Å². The molecule has 0 aliphatic heterocycles. The summed E-state index contributed by atoms with van der Waals surface area (Å²) < 4.78 is 0.862. The Hall–Kier alpha value is 0.243. The van der Waals surface area contributed by atoms with Gasteiger partial charge in [0, 0.05) is 39.3 Å². The summed E-state index contributed by atoms with van der Waals surface area (Å²) in [6.45, 7) is 12.1. The van der Waals surface area contributed by atoms with Crippen molar-refractivity contribution in [3.8, 4) is 0 Å². The molecule has 9 heteroatoms. The third-order valence-electron chi connectivity index (χ3n) is 1.72. The fraction of sp³-hybridized carbons (Fsp3) is 0.500. The first kappa shape index (κ1) is 26.2. The number of hydrogen-bond acceptors (Lipinski definition) is 6. The molecule has 0 unspecified atom stereocenters. The van der Waals surface area contributed by atoms with Gasteiger partial charge in [-0.05, 0) is 0 Å². The van der Waals surface area contributed by atoms with Crippen LogP contribution in [0.25, 0.3) is 0 Å². The van der Waals surface area contributed by atoms with Gasteiger partial charge in [-0.15, -0.1) is 13.2 Å². The van der Waals surface area contributed by atoms with Crippen molar-refractivity contribution in [2.75, 3.05) is 39.3 Å². The van der Waals surface area contributed by atoms with Crippen molar-refractivity contribution in [3.63, 3.8) is 0 Å². The first-order chi connectivity index (χ1) is 9.54. The fourth-order valence-corrected chi connectivity index (χ4v) is 1.32. The van der Waals surface area contributed by atoms with E-state index < -0.39 is 0 Å². The minimum atomic E-state index is 0. The van der Waals surface area contributed by atoms with E-state index in [1.54, 1.807) is 0 Å². The summed E-state index contributed by atoms with van der Waals surface area (Å²) >= 11 is 18.5. The summed E-state index contributed by atoms with van der Waals surface area (Å²) in [7, 11) is 0. The predicted molar refractivity (Wildman–Crippen MR) is 102 cm³/mol. The quantitative estimate of drug-likeness (QED) is 0.134. The average molecular weight is 416 g/mol. The molecule has 0 spiro atoms. The van der Waals surface area contributed by atoms with Gasteiger partial charge in [0.05, 0.1) is 0 Å². The third-order valence-corrected chi connectivity index (χ3v) is 2.30. The normalized spacial score (nSPS) is 8.38. The smallest absolute Gasteiger partial charge is 0.412 e. The van der Waals surface area contributed by atoms with Crippen LogP contribution in [0.5, 0.6) is 0 Å². The van der Waals surface area contributed by atoms with E-state index >= 15 is 0 Å². The van der Waals surface area contributed by atoms with Crippen molar-refractivity contribution >= 4 is 58.3 Å². The van der Waals surface area contributed by atoms with E-state index in [9.17, 15) is 0 Å². The maximum absolute atomic E-state index is 4.63. The minimum absolute atomic E-state index is 0. The maximum atomic E-state index is 4.63. The van der Waals surface area contributed by atoms with Crippen molar-refractivity contribution in [1.29, 1.82) is 0 Å². The zero-order valence-corrected chi connectivity index (χ0v) is 18.4. The molecule has 0 aliphatic rings. The van der Waals surface area contributed by atoms with Gasteiger partial charge in [-0.1, -0.05) is 20.8 Å². The summed E-state index contributed by atoms with van der Waals surface area (Å²) in [6, 6.07) is 0. The molecule has 0 aromatic heterocycles. The number of nitrogens with one attached hydrogen (secondary N) is 4. The third kappa shape index (κ3) is 33.2. The Kier molecular flexibility index (Phi) is 28.1. The number of hydrogen-bond donors (Lipinski definition) is 4. The molecule has 0 heterocycles. The van der Waals surface area contributed by atoms with Crippen LogP contribution in [0, 0.1) is 0 Å². The Bertz CT molecular complexity index is 262. The van der Waals surface area contributed by atoms with Crippen LogP contribution in [-0.4, -0.2) is 47.9 Å². The minimum Gasteiger partial charge on any atom is -0.412 e. The molecule has 0 rings (SSSR count). The zero-order valence-electron chi connectivity index (χ0n) is 12.2. The molecule has 0 fully saturated rings. The SMILES string of the molecule is C=CCNCCNC(=S)[S-].C=CCNCCNC(=S)[S-].[Zn+2]. The van der Waals surface area contributed by atoms with Gasteiger partial charge in [0.1, 0.15) is 0 Å². The van der Waals surface area contributed by atoms with Gasteiger partial charge >= 0.3 is 19.5 Å². The van der Waals surface area contributed by atoms with Crippen molar-refractivity contribution < 1.29 is 19.5 Å². The van der Waals surface area contributed by atoms with E-state index in [-0.39, 0.29) is 19.5 Å². The van der Waals surface area contributed by atoms with Crippen LogP contribution in [0.1, 0.15) is 0 Å². The van der Waals surface area contributed by atoms with Crippen LogP contribution in [0.3, 0.4) is 0 Å². The van der Waals surface area contributed by atoms with Crippen molar-refractivity contribution in [3.05, 3.63) is 25.3 Å². The molecular weight excluding hydrogens is 394 g/mol. The fourth-order valence-electron chi connectivity index (χ4n) is 0.914. The van der Waals surface area contributed by atoms with Crippen LogP contribution >= 0.6 is 24.4 Å². The van der Waals surface area contributed by atoms with Crippen molar-refractivity contribution in [2.24, 2.45) is 0 Å². The van der Waals surface area contributed by atoms with Crippen LogP contribution in [0.2, 0.25) is 0 Å². The molecule has 4 N–H and O–H groups in total. The molecule has 0 aromatic rings. The second-order valence-electron chi connectivity index (χ2n) is 3.41. The molecule has 0 bridgehead atoms. The van der Waals surface area contributed by atoms with E-state index in [2.05, 4.69) is 84.1 Å². The monoisotopic (exact) mass is 414 g/mol. The Morgan fingerprint density at radius 2 is 1.14 bits per heavy atom. The maximum Gasteiger partial charge on any atom is 2.00 e. The second kappa shape index (κ2) is 22.5. The number of rotatable bonds is 10. The molecule has 0 aliphatic carbocycles. The topological polar surface area (TPSA) is 48.1 Å². The molecule has 4 nitrogen and oxygen atoms in total. The zero-order chi connectivity index (χ0) is 15.6. The Labute approximate surface area is 162 Å². The first-order valence-electron chi connectivity index (χ1n) is 6.07. The molecule has 116 valence electrons. The van der Waals surface area contributed by atoms with Gasteiger partial charge in [0.2, 0.25) is 0 Å². The van der Waals surface area contributed by atoms with Crippen molar-refractivity contribution in [2.45, 2.75) is 0 Å². The Morgan fingerprint density at radius 1 is 0.810 bits per heavy atom. The molecule has 0 aromatic carbocycles. The first-order valence-corrected chi connectivity index (χ1v) is 7.70. The molecule has 21 heavy (non-hydrogen) atoms. The largest absolute Gasteiger partial charge is 2.00 e. The molecule has 0 amide bonds. The van der Waals surface area contributed by atoms with Gasteiger partial charge in [-0.3, -0.25) is 0 Å². The van der Waals surface area contributed by atoms with Gasteiger partial charge in [0.15, 0.2) is 0 Å². The van der Waals surface area contributed by atoms with E-state index in [0.29, 0.717) is 8.64 Å². The summed E-state index contributed by atoms with van der Waals surface area (Å²) in [6.07, 6.45) is 3.62. The van der Waals surface area contributed by atoms with Gasteiger partial charge < -0.3 is 71.0 Å². The summed E-state index contributed by atoms with van der Waals surface area (Å²) in [5.74, 6) is 0. The second-order valence-corrected chi connectivity index (χ2v) is 5.56. The molecule has 0 saturated heterocycles. The van der Waals surface area contributed by atoms with E-state index in [1.807, 2.05) is 12.2 Å². The Balaban J connectivity index is -0.000000295. The summed E-state index contributed by atoms with van der Waals surface area (Å²) in [5.41, 5.74) is 0. The van der Waals surface area contributed by atoms with Crippen molar-refractivity contribution in [1.82, 2.24) is 21.3 Å². The van der Waals surface area contributed by atoms with Crippen LogP contribution in [0.4, 0.5) is 0 Å². The molecule has 0 atom stereocenters. The standard InChI is InChI=1S/2C6H12N2S2.Zn/c2*1-2-3-7-4-5-8-6(9)10;/h2*2,7H,1,3-5H2,(H2,8,9,10);/q;;+2/p-2. The molecular formula is C12H22N4S4Zn. The molecule has 0 saturated carbocycles. The number of thiocarbonyl (C=S) groups is 2. The van der Waals surface area contributed by atoms with Gasteiger partial charge in [-0.2, -0.15) is 0 Å². The van der Waals surface area contributed by atoms with Gasteiger partial charge in [-0.25, -0.2) is 0 Å². The van der Waals surface area contributed by atoms with E-state index in [0.717, 1.165) is 39.3 Å². The molecule has 0 radical (unpaired) electrons. The van der Waals surface area contributed by atoms with E-state index in [4.69, 9.17) is 0 Å². The van der Waals surface area contributed by atoms with Crippen LogP contribution < -0.4 is 21.3 Å².